The van der Waals surface area contributed by atoms with Crippen LogP contribution in [-0.2, 0) is 9.59 Å². The van der Waals surface area contributed by atoms with Crippen LogP contribution in [-0.4, -0.2) is 39.5 Å². The van der Waals surface area contributed by atoms with Crippen molar-refractivity contribution in [3.63, 3.8) is 0 Å². The van der Waals surface area contributed by atoms with Crippen LogP contribution in [0.25, 0.3) is 0 Å². The SMILES string of the molecule is CCN(C(=O)C1(N)CCCCC1)C(C)(C)C(=O)O. The number of carbonyl (C=O) groups excluding carboxylic acids is 1. The minimum absolute atomic E-state index is 0.225. The van der Waals surface area contributed by atoms with Gasteiger partial charge in [-0.05, 0) is 33.6 Å². The fourth-order valence-electron chi connectivity index (χ4n) is 2.57. The lowest BCUT2D eigenvalue weighted by atomic mass is 9.80. The van der Waals surface area contributed by atoms with E-state index in [9.17, 15) is 14.7 Å². The normalized spacial score (nSPS) is 19.3. The molecule has 0 aliphatic heterocycles. The molecule has 0 spiro atoms. The summed E-state index contributed by atoms with van der Waals surface area (Å²) in [4.78, 5) is 25.2. The van der Waals surface area contributed by atoms with Crippen LogP contribution in [0, 0.1) is 0 Å². The Balaban J connectivity index is 2.95. The standard InChI is InChI=1S/C13H24N2O3/c1-4-15(12(2,3)11(17)18)10(16)13(14)8-6-5-7-9-13/h4-9,14H2,1-3H3,(H,17,18). The number of amides is 1. The van der Waals surface area contributed by atoms with E-state index in [1.54, 1.807) is 20.8 Å². The van der Waals surface area contributed by atoms with Crippen LogP contribution >= 0.6 is 0 Å². The molecule has 1 fully saturated rings. The van der Waals surface area contributed by atoms with E-state index in [0.29, 0.717) is 19.4 Å². The van der Waals surface area contributed by atoms with Crippen LogP contribution < -0.4 is 5.73 Å². The number of carboxylic acids is 1. The zero-order valence-electron chi connectivity index (χ0n) is 11.5. The predicted octanol–water partition coefficient (Wildman–Crippen LogP) is 1.36. The summed E-state index contributed by atoms with van der Waals surface area (Å²) in [5, 5.41) is 9.24. The van der Waals surface area contributed by atoms with Crippen molar-refractivity contribution in [2.45, 2.75) is 64.0 Å². The Morgan fingerprint density at radius 3 is 2.17 bits per heavy atom. The fourth-order valence-corrected chi connectivity index (χ4v) is 2.57. The lowest BCUT2D eigenvalue weighted by molar-refractivity contribution is -0.159. The Labute approximate surface area is 108 Å². The number of nitrogens with zero attached hydrogens (tertiary/aromatic N) is 1. The monoisotopic (exact) mass is 256 g/mol. The highest BCUT2D eigenvalue weighted by Crippen LogP contribution is 2.30. The van der Waals surface area contributed by atoms with Gasteiger partial charge in [-0.2, -0.15) is 0 Å². The second-order valence-corrected chi connectivity index (χ2v) is 5.63. The Morgan fingerprint density at radius 2 is 1.78 bits per heavy atom. The highest BCUT2D eigenvalue weighted by atomic mass is 16.4. The third-order valence-electron chi connectivity index (χ3n) is 3.93. The minimum Gasteiger partial charge on any atom is -0.480 e. The van der Waals surface area contributed by atoms with Crippen molar-refractivity contribution in [2.75, 3.05) is 6.54 Å². The molecule has 1 rings (SSSR count). The van der Waals surface area contributed by atoms with Gasteiger partial charge in [0, 0.05) is 6.54 Å². The van der Waals surface area contributed by atoms with E-state index < -0.39 is 17.0 Å². The van der Waals surface area contributed by atoms with Crippen LogP contribution in [0.3, 0.4) is 0 Å². The van der Waals surface area contributed by atoms with Gasteiger partial charge in [0.25, 0.3) is 0 Å². The first-order chi connectivity index (χ1) is 8.25. The molecule has 0 heterocycles. The van der Waals surface area contributed by atoms with Crippen molar-refractivity contribution in [2.24, 2.45) is 5.73 Å². The van der Waals surface area contributed by atoms with Gasteiger partial charge in [-0.3, -0.25) is 4.79 Å². The molecule has 0 aromatic carbocycles. The van der Waals surface area contributed by atoms with E-state index in [2.05, 4.69) is 0 Å². The second-order valence-electron chi connectivity index (χ2n) is 5.63. The molecule has 1 amide bonds. The number of hydrogen-bond donors (Lipinski definition) is 2. The van der Waals surface area contributed by atoms with E-state index in [0.717, 1.165) is 19.3 Å². The Hall–Kier alpha value is -1.10. The van der Waals surface area contributed by atoms with Gasteiger partial charge in [0.15, 0.2) is 0 Å². The topological polar surface area (TPSA) is 83.6 Å². The van der Waals surface area contributed by atoms with Crippen molar-refractivity contribution in [3.05, 3.63) is 0 Å². The number of carbonyl (C=O) groups is 2. The van der Waals surface area contributed by atoms with Gasteiger partial charge in [-0.15, -0.1) is 0 Å². The molecule has 104 valence electrons. The van der Waals surface area contributed by atoms with E-state index in [1.165, 1.54) is 4.90 Å². The molecule has 5 nitrogen and oxygen atoms in total. The molecule has 0 aromatic rings. The molecule has 0 bridgehead atoms. The summed E-state index contributed by atoms with van der Waals surface area (Å²) in [6.45, 7) is 5.23. The smallest absolute Gasteiger partial charge is 0.329 e. The maximum Gasteiger partial charge on any atom is 0.329 e. The highest BCUT2D eigenvalue weighted by molar-refractivity contribution is 5.91. The molecule has 1 saturated carbocycles. The zero-order valence-corrected chi connectivity index (χ0v) is 11.5. The average molecular weight is 256 g/mol. The third-order valence-corrected chi connectivity index (χ3v) is 3.93. The summed E-state index contributed by atoms with van der Waals surface area (Å²) in [6, 6.07) is 0. The second kappa shape index (κ2) is 5.26. The first-order valence-corrected chi connectivity index (χ1v) is 6.60. The number of rotatable bonds is 4. The van der Waals surface area contributed by atoms with Crippen LogP contribution in [0.4, 0.5) is 0 Å². The van der Waals surface area contributed by atoms with Gasteiger partial charge in [0.2, 0.25) is 5.91 Å². The van der Waals surface area contributed by atoms with Gasteiger partial charge in [0.05, 0.1) is 5.54 Å². The quantitative estimate of drug-likeness (QED) is 0.795. The Bertz CT molecular complexity index is 333. The van der Waals surface area contributed by atoms with Crippen LogP contribution in [0.15, 0.2) is 0 Å². The molecule has 18 heavy (non-hydrogen) atoms. The van der Waals surface area contributed by atoms with E-state index in [-0.39, 0.29) is 5.91 Å². The number of nitrogens with two attached hydrogens (primary N) is 1. The number of carboxylic acid groups (broad SMARTS) is 1. The zero-order chi connectivity index (χ0) is 14.0. The average Bonchev–Trinajstić information content (AvgIpc) is 2.30. The molecular weight excluding hydrogens is 232 g/mol. The summed E-state index contributed by atoms with van der Waals surface area (Å²) in [5.41, 5.74) is 4.11. The molecular formula is C13H24N2O3. The molecule has 5 heteroatoms. The van der Waals surface area contributed by atoms with E-state index >= 15 is 0 Å². The van der Waals surface area contributed by atoms with Gasteiger partial charge in [0.1, 0.15) is 5.54 Å². The maximum absolute atomic E-state index is 12.5. The van der Waals surface area contributed by atoms with Crippen LogP contribution in [0.5, 0.6) is 0 Å². The summed E-state index contributed by atoms with van der Waals surface area (Å²) in [6.07, 6.45) is 4.28. The molecule has 0 atom stereocenters. The highest BCUT2D eigenvalue weighted by Gasteiger charge is 2.45. The summed E-state index contributed by atoms with van der Waals surface area (Å²) in [7, 11) is 0. The lowest BCUT2D eigenvalue weighted by Crippen LogP contribution is -2.63. The number of hydrogen-bond acceptors (Lipinski definition) is 3. The van der Waals surface area contributed by atoms with Crippen molar-refractivity contribution in [1.82, 2.24) is 4.90 Å². The number of likely N-dealkylation sites (N-methyl/N-ethyl adjacent to an activating group) is 1. The predicted molar refractivity (Wildman–Crippen MR) is 69.1 cm³/mol. The third kappa shape index (κ3) is 2.66. The summed E-state index contributed by atoms with van der Waals surface area (Å²) >= 11 is 0. The summed E-state index contributed by atoms with van der Waals surface area (Å²) < 4.78 is 0. The minimum atomic E-state index is -1.21. The van der Waals surface area contributed by atoms with Gasteiger partial charge < -0.3 is 15.7 Å². The fraction of sp³-hybridized carbons (Fsp3) is 0.846. The van der Waals surface area contributed by atoms with Crippen molar-refractivity contribution in [1.29, 1.82) is 0 Å². The molecule has 0 unspecified atom stereocenters. The first-order valence-electron chi connectivity index (χ1n) is 6.60. The Morgan fingerprint density at radius 1 is 1.28 bits per heavy atom. The first kappa shape index (κ1) is 15.0. The molecule has 0 aromatic heterocycles. The molecule has 0 saturated heterocycles. The van der Waals surface area contributed by atoms with Crippen molar-refractivity contribution >= 4 is 11.9 Å². The van der Waals surface area contributed by atoms with Crippen molar-refractivity contribution < 1.29 is 14.7 Å². The van der Waals surface area contributed by atoms with Gasteiger partial charge in [-0.25, -0.2) is 4.79 Å². The molecule has 3 N–H and O–H groups in total. The molecule has 0 radical (unpaired) electrons. The van der Waals surface area contributed by atoms with Crippen LogP contribution in [0.1, 0.15) is 52.9 Å². The van der Waals surface area contributed by atoms with Crippen LogP contribution in [0.2, 0.25) is 0 Å². The molecule has 1 aliphatic carbocycles. The van der Waals surface area contributed by atoms with Gasteiger partial charge in [-0.1, -0.05) is 19.3 Å². The Kier molecular flexibility index (Phi) is 4.37. The number of aliphatic carboxylic acids is 1. The van der Waals surface area contributed by atoms with Crippen molar-refractivity contribution in [3.8, 4) is 0 Å². The largest absolute Gasteiger partial charge is 0.480 e. The van der Waals surface area contributed by atoms with E-state index in [1.807, 2.05) is 0 Å². The van der Waals surface area contributed by atoms with Gasteiger partial charge >= 0.3 is 5.97 Å². The summed E-state index contributed by atoms with van der Waals surface area (Å²) in [5.74, 6) is -1.23. The van der Waals surface area contributed by atoms with E-state index in [4.69, 9.17) is 5.73 Å². The lowest BCUT2D eigenvalue weighted by Gasteiger charge is -2.42. The molecule has 1 aliphatic rings. The maximum atomic E-state index is 12.5.